The quantitative estimate of drug-likeness (QED) is 0.863. The number of hydrogen-bond donors (Lipinski definition) is 2. The van der Waals surface area contributed by atoms with Crippen LogP contribution in [0, 0.1) is 5.82 Å². The minimum atomic E-state index is -0.992. The number of aliphatic hydroxyl groups excluding tert-OH is 2. The lowest BCUT2D eigenvalue weighted by atomic mass is 10.3. The normalized spacial score (nSPS) is 12.6. The van der Waals surface area contributed by atoms with Crippen molar-refractivity contribution in [1.29, 1.82) is 0 Å². The van der Waals surface area contributed by atoms with Gasteiger partial charge >= 0.3 is 0 Å². The van der Waals surface area contributed by atoms with E-state index in [1.807, 2.05) is 0 Å². The van der Waals surface area contributed by atoms with Crippen molar-refractivity contribution in [3.63, 3.8) is 0 Å². The van der Waals surface area contributed by atoms with Crippen molar-refractivity contribution >= 4 is 15.9 Å². The number of ether oxygens (including phenoxy) is 1. The summed E-state index contributed by atoms with van der Waals surface area (Å²) >= 11 is 3.16. The van der Waals surface area contributed by atoms with Gasteiger partial charge in [0, 0.05) is 4.47 Å². The molecule has 0 saturated carbocycles. The SMILES string of the molecule is OCC(O)COc1cc(Br)ccc1F. The lowest BCUT2D eigenvalue weighted by molar-refractivity contribution is 0.0523. The van der Waals surface area contributed by atoms with Crippen molar-refractivity contribution in [2.45, 2.75) is 6.10 Å². The number of hydrogen-bond acceptors (Lipinski definition) is 3. The molecule has 5 heteroatoms. The first-order valence-corrected chi connectivity index (χ1v) is 4.79. The zero-order chi connectivity index (χ0) is 10.6. The topological polar surface area (TPSA) is 49.7 Å². The van der Waals surface area contributed by atoms with Gasteiger partial charge in [-0.25, -0.2) is 4.39 Å². The van der Waals surface area contributed by atoms with Gasteiger partial charge in [-0.3, -0.25) is 0 Å². The Bertz CT molecular complexity index is 306. The van der Waals surface area contributed by atoms with Crippen molar-refractivity contribution in [2.75, 3.05) is 13.2 Å². The Balaban J connectivity index is 2.62. The molecule has 0 fully saturated rings. The highest BCUT2D eigenvalue weighted by molar-refractivity contribution is 9.10. The van der Waals surface area contributed by atoms with Crippen molar-refractivity contribution in [2.24, 2.45) is 0 Å². The Labute approximate surface area is 89.3 Å². The Morgan fingerprint density at radius 2 is 2.21 bits per heavy atom. The lowest BCUT2D eigenvalue weighted by Crippen LogP contribution is -2.21. The molecule has 1 rings (SSSR count). The van der Waals surface area contributed by atoms with Gasteiger partial charge in [0.25, 0.3) is 0 Å². The zero-order valence-electron chi connectivity index (χ0n) is 7.28. The molecule has 0 aromatic heterocycles. The zero-order valence-corrected chi connectivity index (χ0v) is 8.87. The van der Waals surface area contributed by atoms with E-state index in [2.05, 4.69) is 15.9 Å². The van der Waals surface area contributed by atoms with Gasteiger partial charge in [-0.05, 0) is 18.2 Å². The van der Waals surface area contributed by atoms with Crippen LogP contribution in [0.3, 0.4) is 0 Å². The number of rotatable bonds is 4. The van der Waals surface area contributed by atoms with Gasteiger partial charge in [0.05, 0.1) is 6.61 Å². The van der Waals surface area contributed by atoms with Crippen LogP contribution in [0.15, 0.2) is 22.7 Å². The van der Waals surface area contributed by atoms with Crippen LogP contribution in [-0.4, -0.2) is 29.5 Å². The summed E-state index contributed by atoms with van der Waals surface area (Å²) in [6.45, 7) is -0.542. The fourth-order valence-electron chi connectivity index (χ4n) is 0.826. The summed E-state index contributed by atoms with van der Waals surface area (Å²) in [6, 6.07) is 4.26. The fourth-order valence-corrected chi connectivity index (χ4v) is 1.17. The highest BCUT2D eigenvalue weighted by Crippen LogP contribution is 2.22. The molecule has 0 spiro atoms. The van der Waals surface area contributed by atoms with Crippen LogP contribution in [0.5, 0.6) is 5.75 Å². The molecule has 1 atom stereocenters. The minimum Gasteiger partial charge on any atom is -0.488 e. The first-order chi connectivity index (χ1) is 6.63. The maximum atomic E-state index is 13.0. The molecule has 0 aliphatic heterocycles. The van der Waals surface area contributed by atoms with Crippen LogP contribution >= 0.6 is 15.9 Å². The summed E-state index contributed by atoms with van der Waals surface area (Å²) in [7, 11) is 0. The van der Waals surface area contributed by atoms with Gasteiger partial charge in [0.1, 0.15) is 12.7 Å². The molecule has 78 valence electrons. The average molecular weight is 265 g/mol. The van der Waals surface area contributed by atoms with E-state index in [4.69, 9.17) is 14.9 Å². The predicted octanol–water partition coefficient (Wildman–Crippen LogP) is 1.32. The summed E-state index contributed by atoms with van der Waals surface area (Å²) in [5, 5.41) is 17.5. The second-order valence-corrected chi connectivity index (χ2v) is 3.64. The second-order valence-electron chi connectivity index (χ2n) is 2.72. The first-order valence-electron chi connectivity index (χ1n) is 4.00. The Hall–Kier alpha value is -0.650. The number of halogens is 2. The molecule has 0 heterocycles. The molecule has 0 amide bonds. The van der Waals surface area contributed by atoms with Crippen molar-refractivity contribution in [1.82, 2.24) is 0 Å². The molecular weight excluding hydrogens is 255 g/mol. The van der Waals surface area contributed by atoms with E-state index in [0.29, 0.717) is 4.47 Å². The van der Waals surface area contributed by atoms with Gasteiger partial charge in [0.15, 0.2) is 11.6 Å². The molecule has 0 bridgehead atoms. The van der Waals surface area contributed by atoms with Gasteiger partial charge in [-0.2, -0.15) is 0 Å². The first kappa shape index (κ1) is 11.4. The highest BCUT2D eigenvalue weighted by atomic mass is 79.9. The molecule has 0 aliphatic rings. The van der Waals surface area contributed by atoms with E-state index in [9.17, 15) is 4.39 Å². The van der Waals surface area contributed by atoms with Gasteiger partial charge < -0.3 is 14.9 Å². The van der Waals surface area contributed by atoms with Crippen LogP contribution < -0.4 is 4.74 Å². The van der Waals surface area contributed by atoms with Crippen LogP contribution in [0.25, 0.3) is 0 Å². The molecule has 2 N–H and O–H groups in total. The maximum absolute atomic E-state index is 13.0. The van der Waals surface area contributed by atoms with E-state index in [1.165, 1.54) is 12.1 Å². The lowest BCUT2D eigenvalue weighted by Gasteiger charge is -2.10. The van der Waals surface area contributed by atoms with Gasteiger partial charge in [-0.1, -0.05) is 15.9 Å². The van der Waals surface area contributed by atoms with Crippen LogP contribution in [0.4, 0.5) is 4.39 Å². The second kappa shape index (κ2) is 5.29. The smallest absolute Gasteiger partial charge is 0.165 e. The third kappa shape index (κ3) is 3.25. The van der Waals surface area contributed by atoms with E-state index in [1.54, 1.807) is 6.07 Å². The molecule has 14 heavy (non-hydrogen) atoms. The minimum absolute atomic E-state index is 0.0480. The Morgan fingerprint density at radius 1 is 1.50 bits per heavy atom. The monoisotopic (exact) mass is 264 g/mol. The molecule has 0 radical (unpaired) electrons. The Morgan fingerprint density at radius 3 is 2.86 bits per heavy atom. The summed E-state index contributed by atoms with van der Waals surface area (Å²) in [5.74, 6) is -0.454. The largest absolute Gasteiger partial charge is 0.488 e. The molecule has 1 aromatic rings. The fraction of sp³-hybridized carbons (Fsp3) is 0.333. The van der Waals surface area contributed by atoms with Crippen LogP contribution in [0.1, 0.15) is 0 Å². The van der Waals surface area contributed by atoms with Crippen molar-refractivity contribution < 1.29 is 19.3 Å². The maximum Gasteiger partial charge on any atom is 0.165 e. The van der Waals surface area contributed by atoms with E-state index >= 15 is 0 Å². The van der Waals surface area contributed by atoms with Gasteiger partial charge in [-0.15, -0.1) is 0 Å². The predicted molar refractivity (Wildman–Crippen MR) is 52.7 cm³/mol. The number of aliphatic hydroxyl groups is 2. The van der Waals surface area contributed by atoms with Crippen molar-refractivity contribution in [3.8, 4) is 5.75 Å². The molecule has 0 aliphatic carbocycles. The highest BCUT2D eigenvalue weighted by Gasteiger charge is 2.07. The standard InChI is InChI=1S/C9H10BrFO3/c10-6-1-2-8(11)9(3-6)14-5-7(13)4-12/h1-3,7,12-13H,4-5H2. The molecule has 1 aromatic carbocycles. The van der Waals surface area contributed by atoms with E-state index in [0.717, 1.165) is 0 Å². The summed E-state index contributed by atoms with van der Waals surface area (Å²) < 4.78 is 18.7. The summed E-state index contributed by atoms with van der Waals surface area (Å²) in [5.41, 5.74) is 0. The van der Waals surface area contributed by atoms with E-state index in [-0.39, 0.29) is 12.4 Å². The van der Waals surface area contributed by atoms with E-state index < -0.39 is 18.5 Å². The molecule has 0 saturated heterocycles. The summed E-state index contributed by atoms with van der Waals surface area (Å²) in [6.07, 6.45) is -0.992. The average Bonchev–Trinajstić information content (AvgIpc) is 2.19. The molecular formula is C9H10BrFO3. The van der Waals surface area contributed by atoms with Crippen LogP contribution in [0.2, 0.25) is 0 Å². The molecule has 3 nitrogen and oxygen atoms in total. The van der Waals surface area contributed by atoms with Crippen LogP contribution in [-0.2, 0) is 0 Å². The van der Waals surface area contributed by atoms with Crippen molar-refractivity contribution in [3.05, 3.63) is 28.5 Å². The number of benzene rings is 1. The summed E-state index contributed by atoms with van der Waals surface area (Å²) in [4.78, 5) is 0. The van der Waals surface area contributed by atoms with Gasteiger partial charge in [0.2, 0.25) is 0 Å². The molecule has 1 unspecified atom stereocenters. The third-order valence-corrected chi connectivity index (χ3v) is 2.03. The third-order valence-electron chi connectivity index (χ3n) is 1.54. The Kier molecular flexibility index (Phi) is 4.31.